The Bertz CT molecular complexity index is 268. The third-order valence-electron chi connectivity index (χ3n) is 3.36. The summed E-state index contributed by atoms with van der Waals surface area (Å²) in [5.74, 6) is 0.697. The van der Waals surface area contributed by atoms with E-state index in [-0.39, 0.29) is 0 Å². The highest BCUT2D eigenvalue weighted by Crippen LogP contribution is 2.24. The molecule has 0 aliphatic heterocycles. The lowest BCUT2D eigenvalue weighted by molar-refractivity contribution is 0.561. The standard InChI is InChI=1S/C16H25Br/c1-2-3-4-5-6-8-13-16(14-17)15-11-9-7-10-12-15/h7,9-12,16H,2-6,8,13-14H2,1H3. The zero-order valence-corrected chi connectivity index (χ0v) is 12.6. The lowest BCUT2D eigenvalue weighted by Gasteiger charge is -2.14. The minimum atomic E-state index is 0.697. The van der Waals surface area contributed by atoms with Crippen LogP contribution >= 0.6 is 15.9 Å². The maximum atomic E-state index is 3.65. The van der Waals surface area contributed by atoms with Gasteiger partial charge in [0.2, 0.25) is 0 Å². The van der Waals surface area contributed by atoms with Gasteiger partial charge in [0.1, 0.15) is 0 Å². The highest BCUT2D eigenvalue weighted by Gasteiger charge is 2.08. The molecule has 1 unspecified atom stereocenters. The van der Waals surface area contributed by atoms with E-state index in [0.717, 1.165) is 5.33 Å². The smallest absolute Gasteiger partial charge is 0.0100 e. The van der Waals surface area contributed by atoms with Gasteiger partial charge in [-0.05, 0) is 17.9 Å². The van der Waals surface area contributed by atoms with Gasteiger partial charge in [0, 0.05) is 5.33 Å². The van der Waals surface area contributed by atoms with E-state index in [1.807, 2.05) is 0 Å². The average molecular weight is 297 g/mol. The van der Waals surface area contributed by atoms with E-state index in [0.29, 0.717) is 5.92 Å². The molecule has 0 radical (unpaired) electrons. The Morgan fingerprint density at radius 2 is 1.59 bits per heavy atom. The summed E-state index contributed by atoms with van der Waals surface area (Å²) in [5.41, 5.74) is 1.48. The molecule has 1 aromatic carbocycles. The fraction of sp³-hybridized carbons (Fsp3) is 0.625. The van der Waals surface area contributed by atoms with E-state index >= 15 is 0 Å². The van der Waals surface area contributed by atoms with Crippen molar-refractivity contribution in [3.05, 3.63) is 35.9 Å². The molecule has 1 aromatic rings. The number of halogens is 1. The lowest BCUT2D eigenvalue weighted by atomic mass is 9.95. The second-order valence-corrected chi connectivity index (χ2v) is 5.47. The number of unbranched alkanes of at least 4 members (excludes halogenated alkanes) is 5. The van der Waals surface area contributed by atoms with Gasteiger partial charge in [-0.2, -0.15) is 0 Å². The van der Waals surface area contributed by atoms with Gasteiger partial charge >= 0.3 is 0 Å². The highest BCUT2D eigenvalue weighted by molar-refractivity contribution is 9.09. The third kappa shape index (κ3) is 6.26. The summed E-state index contributed by atoms with van der Waals surface area (Å²) >= 11 is 3.65. The SMILES string of the molecule is CCCCCCCCC(CBr)c1ccccc1. The normalized spacial score (nSPS) is 12.6. The lowest BCUT2D eigenvalue weighted by Crippen LogP contribution is -2.00. The number of rotatable bonds is 9. The molecule has 17 heavy (non-hydrogen) atoms. The van der Waals surface area contributed by atoms with Crippen LogP contribution in [-0.4, -0.2) is 5.33 Å². The van der Waals surface area contributed by atoms with Crippen LogP contribution in [0, 0.1) is 0 Å². The molecule has 0 bridgehead atoms. The molecule has 0 aliphatic rings. The van der Waals surface area contributed by atoms with E-state index in [9.17, 15) is 0 Å². The summed E-state index contributed by atoms with van der Waals surface area (Å²) in [6.07, 6.45) is 9.67. The number of alkyl halides is 1. The predicted octanol–water partition coefficient (Wildman–Crippen LogP) is 5.92. The summed E-state index contributed by atoms with van der Waals surface area (Å²) in [4.78, 5) is 0. The second-order valence-electron chi connectivity index (χ2n) is 4.82. The molecule has 1 rings (SSSR count). The molecule has 0 fully saturated rings. The van der Waals surface area contributed by atoms with E-state index in [1.165, 1.54) is 50.5 Å². The Morgan fingerprint density at radius 3 is 2.24 bits per heavy atom. The molecule has 0 aliphatic carbocycles. The van der Waals surface area contributed by atoms with Crippen molar-refractivity contribution in [3.8, 4) is 0 Å². The fourth-order valence-electron chi connectivity index (χ4n) is 2.23. The molecule has 0 saturated heterocycles. The fourth-order valence-corrected chi connectivity index (χ4v) is 2.93. The number of benzene rings is 1. The molecule has 1 atom stereocenters. The van der Waals surface area contributed by atoms with Gasteiger partial charge in [-0.25, -0.2) is 0 Å². The van der Waals surface area contributed by atoms with Crippen LogP contribution in [0.5, 0.6) is 0 Å². The molecule has 0 spiro atoms. The van der Waals surface area contributed by atoms with Crippen molar-refractivity contribution in [2.75, 3.05) is 5.33 Å². The van der Waals surface area contributed by atoms with Gasteiger partial charge in [-0.3, -0.25) is 0 Å². The molecule has 96 valence electrons. The van der Waals surface area contributed by atoms with Crippen molar-refractivity contribution in [2.45, 2.75) is 57.8 Å². The van der Waals surface area contributed by atoms with E-state index in [4.69, 9.17) is 0 Å². The van der Waals surface area contributed by atoms with Crippen molar-refractivity contribution < 1.29 is 0 Å². The van der Waals surface area contributed by atoms with Crippen molar-refractivity contribution in [2.24, 2.45) is 0 Å². The minimum Gasteiger partial charge on any atom is -0.0921 e. The van der Waals surface area contributed by atoms with Crippen LogP contribution in [0.4, 0.5) is 0 Å². The van der Waals surface area contributed by atoms with Gasteiger partial charge in [0.15, 0.2) is 0 Å². The summed E-state index contributed by atoms with van der Waals surface area (Å²) in [6.45, 7) is 2.27. The summed E-state index contributed by atoms with van der Waals surface area (Å²) in [5, 5.41) is 1.09. The van der Waals surface area contributed by atoms with Crippen LogP contribution in [-0.2, 0) is 0 Å². The van der Waals surface area contributed by atoms with E-state index in [1.54, 1.807) is 0 Å². The monoisotopic (exact) mass is 296 g/mol. The zero-order chi connectivity index (χ0) is 12.3. The van der Waals surface area contributed by atoms with Crippen LogP contribution < -0.4 is 0 Å². The summed E-state index contributed by atoms with van der Waals surface area (Å²) in [6, 6.07) is 10.9. The zero-order valence-electron chi connectivity index (χ0n) is 11.0. The largest absolute Gasteiger partial charge is 0.0921 e. The van der Waals surface area contributed by atoms with E-state index < -0.39 is 0 Å². The van der Waals surface area contributed by atoms with Crippen LogP contribution in [0.3, 0.4) is 0 Å². The molecule has 0 amide bonds. The predicted molar refractivity (Wildman–Crippen MR) is 81.0 cm³/mol. The van der Waals surface area contributed by atoms with Gasteiger partial charge in [0.05, 0.1) is 0 Å². The van der Waals surface area contributed by atoms with Gasteiger partial charge in [0.25, 0.3) is 0 Å². The van der Waals surface area contributed by atoms with Crippen LogP contribution in [0.1, 0.15) is 63.4 Å². The number of hydrogen-bond acceptors (Lipinski definition) is 0. The van der Waals surface area contributed by atoms with Crippen molar-refractivity contribution in [1.82, 2.24) is 0 Å². The second kappa shape index (κ2) is 9.70. The first kappa shape index (κ1) is 14.8. The first-order valence-electron chi connectivity index (χ1n) is 6.99. The summed E-state index contributed by atoms with van der Waals surface area (Å²) in [7, 11) is 0. The first-order chi connectivity index (χ1) is 8.38. The molecule has 0 saturated carbocycles. The maximum Gasteiger partial charge on any atom is 0.0100 e. The maximum absolute atomic E-state index is 3.65. The third-order valence-corrected chi connectivity index (χ3v) is 4.14. The van der Waals surface area contributed by atoms with Gasteiger partial charge in [-0.15, -0.1) is 0 Å². The van der Waals surface area contributed by atoms with Crippen LogP contribution in [0.25, 0.3) is 0 Å². The Kier molecular flexibility index (Phi) is 8.42. The van der Waals surface area contributed by atoms with Crippen molar-refractivity contribution >= 4 is 15.9 Å². The number of hydrogen-bond donors (Lipinski definition) is 0. The van der Waals surface area contributed by atoms with Crippen molar-refractivity contribution in [3.63, 3.8) is 0 Å². The molecular formula is C16H25Br. The Balaban J connectivity index is 2.20. The first-order valence-corrected chi connectivity index (χ1v) is 8.11. The Labute approximate surface area is 115 Å². The molecule has 0 N–H and O–H groups in total. The summed E-state index contributed by atoms with van der Waals surface area (Å²) < 4.78 is 0. The van der Waals surface area contributed by atoms with Crippen LogP contribution in [0.15, 0.2) is 30.3 Å². The van der Waals surface area contributed by atoms with Crippen LogP contribution in [0.2, 0.25) is 0 Å². The Hall–Kier alpha value is -0.300. The topological polar surface area (TPSA) is 0 Å². The van der Waals surface area contributed by atoms with Gasteiger partial charge < -0.3 is 0 Å². The molecule has 0 heterocycles. The highest BCUT2D eigenvalue weighted by atomic mass is 79.9. The van der Waals surface area contributed by atoms with Crippen molar-refractivity contribution in [1.29, 1.82) is 0 Å². The molecule has 0 aromatic heterocycles. The molecule has 0 nitrogen and oxygen atoms in total. The average Bonchev–Trinajstić information content (AvgIpc) is 2.39. The minimum absolute atomic E-state index is 0.697. The van der Waals surface area contributed by atoms with E-state index in [2.05, 4.69) is 53.2 Å². The van der Waals surface area contributed by atoms with Gasteiger partial charge in [-0.1, -0.05) is 91.7 Å². The quantitative estimate of drug-likeness (QED) is 0.392. The molecular weight excluding hydrogens is 272 g/mol. The molecule has 1 heteroatoms. The Morgan fingerprint density at radius 1 is 0.941 bits per heavy atom.